The van der Waals surface area contributed by atoms with Crippen molar-refractivity contribution in [1.82, 2.24) is 9.80 Å². The Morgan fingerprint density at radius 1 is 1.28 bits per heavy atom. The minimum absolute atomic E-state index is 0.0255. The molecular weight excluding hydrogens is 321 g/mol. The lowest BCUT2D eigenvalue weighted by molar-refractivity contribution is -0.137. The summed E-state index contributed by atoms with van der Waals surface area (Å²) in [7, 11) is 1.96. The topological polar surface area (TPSA) is 43.9 Å². The number of amides is 2. The van der Waals surface area contributed by atoms with Crippen molar-refractivity contribution in [2.45, 2.75) is 31.2 Å². The second-order valence-corrected chi connectivity index (χ2v) is 7.68. The summed E-state index contributed by atoms with van der Waals surface area (Å²) in [6, 6.07) is 6.19. The van der Waals surface area contributed by atoms with Gasteiger partial charge in [-0.1, -0.05) is 12.5 Å². The fourth-order valence-electron chi connectivity index (χ4n) is 4.24. The molecule has 134 valence electrons. The second-order valence-electron chi connectivity index (χ2n) is 7.68. The lowest BCUT2D eigenvalue weighted by Crippen LogP contribution is -2.64. The minimum atomic E-state index is -0.341. The molecule has 4 rings (SSSR count). The van der Waals surface area contributed by atoms with Crippen LogP contribution in [0.4, 0.5) is 10.1 Å². The highest BCUT2D eigenvalue weighted by Gasteiger charge is 2.49. The van der Waals surface area contributed by atoms with E-state index in [0.717, 1.165) is 32.2 Å². The van der Waals surface area contributed by atoms with Gasteiger partial charge in [0.05, 0.1) is 12.1 Å². The number of piperazine rings is 1. The zero-order valence-electron chi connectivity index (χ0n) is 14.6. The molecule has 2 aliphatic heterocycles. The van der Waals surface area contributed by atoms with Crippen molar-refractivity contribution in [3.63, 3.8) is 0 Å². The Labute approximate surface area is 147 Å². The maximum Gasteiger partial charge on any atom is 0.241 e. The molecule has 1 spiro atoms. The number of carbonyl (C=O) groups excluding carboxylic acids is 2. The third-order valence-electron chi connectivity index (χ3n) is 6.15. The molecule has 25 heavy (non-hydrogen) atoms. The van der Waals surface area contributed by atoms with Gasteiger partial charge in [0.25, 0.3) is 0 Å². The molecule has 3 aliphatic rings. The average molecular weight is 345 g/mol. The Balaban J connectivity index is 1.55. The van der Waals surface area contributed by atoms with E-state index in [0.29, 0.717) is 25.3 Å². The van der Waals surface area contributed by atoms with E-state index >= 15 is 0 Å². The van der Waals surface area contributed by atoms with Crippen LogP contribution in [0.2, 0.25) is 0 Å². The number of carbonyl (C=O) groups is 2. The van der Waals surface area contributed by atoms with E-state index < -0.39 is 0 Å². The number of likely N-dealkylation sites (tertiary alicyclic amines) is 1. The van der Waals surface area contributed by atoms with Crippen LogP contribution in [0, 0.1) is 11.7 Å². The third-order valence-corrected chi connectivity index (χ3v) is 6.15. The Morgan fingerprint density at radius 2 is 2.08 bits per heavy atom. The van der Waals surface area contributed by atoms with Crippen LogP contribution in [-0.4, -0.2) is 60.4 Å². The van der Waals surface area contributed by atoms with E-state index in [1.165, 1.54) is 12.1 Å². The second kappa shape index (κ2) is 6.09. The van der Waals surface area contributed by atoms with Gasteiger partial charge >= 0.3 is 0 Å². The van der Waals surface area contributed by atoms with E-state index in [-0.39, 0.29) is 29.1 Å². The van der Waals surface area contributed by atoms with Crippen LogP contribution in [0.1, 0.15) is 25.7 Å². The molecule has 1 aromatic carbocycles. The first-order chi connectivity index (χ1) is 12.0. The zero-order chi connectivity index (χ0) is 17.6. The fraction of sp³-hybridized carbons (Fsp3) is 0.579. The smallest absolute Gasteiger partial charge is 0.241 e. The molecule has 2 saturated heterocycles. The zero-order valence-corrected chi connectivity index (χ0v) is 14.6. The molecule has 1 aromatic rings. The van der Waals surface area contributed by atoms with Gasteiger partial charge in [0.1, 0.15) is 5.82 Å². The fourth-order valence-corrected chi connectivity index (χ4v) is 4.24. The van der Waals surface area contributed by atoms with Gasteiger partial charge in [-0.3, -0.25) is 14.5 Å². The number of rotatable bonds is 2. The number of hydrogen-bond donors (Lipinski definition) is 0. The largest absolute Gasteiger partial charge is 0.340 e. The summed E-state index contributed by atoms with van der Waals surface area (Å²) in [5.41, 5.74) is 0.362. The first-order valence-electron chi connectivity index (χ1n) is 9.04. The average Bonchev–Trinajstić information content (AvgIpc) is 2.95. The number of anilines is 1. The third kappa shape index (κ3) is 2.82. The van der Waals surface area contributed by atoms with Gasteiger partial charge in [-0.05, 0) is 44.5 Å². The van der Waals surface area contributed by atoms with Crippen LogP contribution in [0.25, 0.3) is 0 Å². The summed E-state index contributed by atoms with van der Waals surface area (Å²) in [4.78, 5) is 30.9. The normalized spacial score (nSPS) is 27.8. The van der Waals surface area contributed by atoms with E-state index in [1.807, 2.05) is 11.9 Å². The molecule has 0 N–H and O–H groups in total. The predicted octanol–water partition coefficient (Wildman–Crippen LogP) is 1.88. The molecule has 1 saturated carbocycles. The van der Waals surface area contributed by atoms with Crippen LogP contribution in [0.15, 0.2) is 24.3 Å². The number of likely N-dealkylation sites (N-methyl/N-ethyl adjacent to an activating group) is 1. The summed E-state index contributed by atoms with van der Waals surface area (Å²) >= 11 is 0. The molecule has 0 unspecified atom stereocenters. The SMILES string of the molecule is CN1CC(=O)N(c2cccc(F)c2)C[C@]12CCN(C(=O)C1CCC1)C2. The monoisotopic (exact) mass is 345 g/mol. The van der Waals surface area contributed by atoms with E-state index in [2.05, 4.69) is 4.90 Å². The first kappa shape index (κ1) is 16.5. The lowest BCUT2D eigenvalue weighted by Gasteiger charge is -2.47. The summed E-state index contributed by atoms with van der Waals surface area (Å²) in [6.45, 7) is 2.19. The van der Waals surface area contributed by atoms with Crippen molar-refractivity contribution in [2.24, 2.45) is 5.92 Å². The Hall–Kier alpha value is -1.95. The molecule has 2 heterocycles. The van der Waals surface area contributed by atoms with Gasteiger partial charge in [-0.15, -0.1) is 0 Å². The Bertz CT molecular complexity index is 706. The van der Waals surface area contributed by atoms with Crippen molar-refractivity contribution in [3.8, 4) is 0 Å². The maximum atomic E-state index is 13.6. The van der Waals surface area contributed by atoms with Crippen LogP contribution >= 0.6 is 0 Å². The van der Waals surface area contributed by atoms with Gasteiger partial charge in [-0.2, -0.15) is 0 Å². The van der Waals surface area contributed by atoms with Crippen molar-refractivity contribution in [3.05, 3.63) is 30.1 Å². The van der Waals surface area contributed by atoms with Crippen molar-refractivity contribution in [1.29, 1.82) is 0 Å². The van der Waals surface area contributed by atoms with Crippen LogP contribution < -0.4 is 4.90 Å². The minimum Gasteiger partial charge on any atom is -0.340 e. The van der Waals surface area contributed by atoms with Gasteiger partial charge in [0.15, 0.2) is 0 Å². The summed E-state index contributed by atoms with van der Waals surface area (Å²) in [6.07, 6.45) is 4.01. The van der Waals surface area contributed by atoms with Gasteiger partial charge in [0, 0.05) is 31.2 Å². The molecule has 1 aliphatic carbocycles. The maximum absolute atomic E-state index is 13.6. The Kier molecular flexibility index (Phi) is 4.02. The number of nitrogens with zero attached hydrogens (tertiary/aromatic N) is 3. The van der Waals surface area contributed by atoms with Gasteiger partial charge in [0.2, 0.25) is 11.8 Å². The molecular formula is C19H24FN3O2. The highest BCUT2D eigenvalue weighted by molar-refractivity contribution is 5.96. The molecule has 0 aromatic heterocycles. The molecule has 3 fully saturated rings. The van der Waals surface area contributed by atoms with Crippen molar-refractivity contribution in [2.75, 3.05) is 38.1 Å². The van der Waals surface area contributed by atoms with Crippen molar-refractivity contribution < 1.29 is 14.0 Å². The molecule has 0 radical (unpaired) electrons. The molecule has 1 atom stereocenters. The quantitative estimate of drug-likeness (QED) is 0.822. The number of hydrogen-bond acceptors (Lipinski definition) is 3. The predicted molar refractivity (Wildman–Crippen MR) is 92.7 cm³/mol. The first-order valence-corrected chi connectivity index (χ1v) is 9.04. The highest BCUT2D eigenvalue weighted by atomic mass is 19.1. The van der Waals surface area contributed by atoms with E-state index in [9.17, 15) is 14.0 Å². The van der Waals surface area contributed by atoms with Crippen LogP contribution in [0.3, 0.4) is 0 Å². The highest BCUT2D eigenvalue weighted by Crippen LogP contribution is 2.36. The van der Waals surface area contributed by atoms with Crippen LogP contribution in [0.5, 0.6) is 0 Å². The Morgan fingerprint density at radius 3 is 2.76 bits per heavy atom. The van der Waals surface area contributed by atoms with E-state index in [4.69, 9.17) is 0 Å². The van der Waals surface area contributed by atoms with Gasteiger partial charge < -0.3 is 9.80 Å². The summed E-state index contributed by atoms with van der Waals surface area (Å²) in [5, 5.41) is 0. The van der Waals surface area contributed by atoms with Crippen molar-refractivity contribution >= 4 is 17.5 Å². The molecule has 6 heteroatoms. The molecule has 5 nitrogen and oxygen atoms in total. The van der Waals surface area contributed by atoms with Gasteiger partial charge in [-0.25, -0.2) is 4.39 Å². The summed E-state index contributed by atoms with van der Waals surface area (Å²) in [5.74, 6) is 0.102. The number of benzene rings is 1. The van der Waals surface area contributed by atoms with E-state index in [1.54, 1.807) is 17.0 Å². The standard InChI is InChI=1S/C19H24FN3O2/c1-21-11-17(24)23(16-7-3-6-15(20)10-16)13-19(21)8-9-22(12-19)18(25)14-4-2-5-14/h3,6-7,10,14H,2,4-5,8-9,11-13H2,1H3/t19-/m1/s1. The molecule has 0 bridgehead atoms. The number of halogens is 1. The lowest BCUT2D eigenvalue weighted by atomic mass is 9.84. The summed E-state index contributed by atoms with van der Waals surface area (Å²) < 4.78 is 13.6. The molecule has 2 amide bonds. The van der Waals surface area contributed by atoms with Crippen LogP contribution in [-0.2, 0) is 9.59 Å².